The molecular formula is C22H22N6O3. The average Bonchev–Trinajstić information content (AvgIpc) is 3.18. The van der Waals surface area contributed by atoms with Crippen molar-refractivity contribution in [1.82, 2.24) is 19.6 Å². The van der Waals surface area contributed by atoms with Crippen LogP contribution in [0.15, 0.2) is 42.5 Å². The van der Waals surface area contributed by atoms with Crippen LogP contribution < -0.4 is 4.90 Å². The molecule has 0 bridgehead atoms. The number of anilines is 1. The minimum absolute atomic E-state index is 0.0178. The van der Waals surface area contributed by atoms with E-state index in [9.17, 15) is 10.1 Å². The second kappa shape index (κ2) is 7.28. The van der Waals surface area contributed by atoms with Crippen LogP contribution in [0.3, 0.4) is 0 Å². The lowest BCUT2D eigenvalue weighted by Gasteiger charge is -2.36. The van der Waals surface area contributed by atoms with Gasteiger partial charge in [-0.05, 0) is 39.0 Å². The maximum absolute atomic E-state index is 11.7. The van der Waals surface area contributed by atoms with Gasteiger partial charge in [-0.25, -0.2) is 9.38 Å². The summed E-state index contributed by atoms with van der Waals surface area (Å²) < 4.78 is 7.74. The van der Waals surface area contributed by atoms with Crippen LogP contribution in [-0.2, 0) is 4.74 Å². The molecule has 31 heavy (non-hydrogen) atoms. The number of morpholine rings is 1. The van der Waals surface area contributed by atoms with Crippen molar-refractivity contribution < 1.29 is 9.66 Å². The van der Waals surface area contributed by atoms with E-state index in [0.29, 0.717) is 36.1 Å². The number of ether oxygens (including phenoxy) is 1. The van der Waals surface area contributed by atoms with Crippen LogP contribution in [0.1, 0.15) is 19.4 Å². The van der Waals surface area contributed by atoms with Crippen molar-refractivity contribution in [2.75, 3.05) is 18.0 Å². The van der Waals surface area contributed by atoms with Crippen molar-refractivity contribution in [3.8, 4) is 11.4 Å². The molecule has 0 radical (unpaired) electrons. The normalized spacial score (nSPS) is 19.3. The van der Waals surface area contributed by atoms with Gasteiger partial charge in [0.1, 0.15) is 0 Å². The molecule has 2 aromatic heterocycles. The predicted octanol–water partition coefficient (Wildman–Crippen LogP) is 3.77. The highest BCUT2D eigenvalue weighted by Crippen LogP contribution is 2.33. The van der Waals surface area contributed by atoms with Crippen molar-refractivity contribution in [2.24, 2.45) is 0 Å². The van der Waals surface area contributed by atoms with Crippen molar-refractivity contribution in [2.45, 2.75) is 33.0 Å². The number of aromatic nitrogens is 4. The molecule has 9 nitrogen and oxygen atoms in total. The summed E-state index contributed by atoms with van der Waals surface area (Å²) in [5, 5.41) is 21.4. The Morgan fingerprint density at radius 2 is 1.84 bits per heavy atom. The molecule has 158 valence electrons. The maximum Gasteiger partial charge on any atom is 0.280 e. The lowest BCUT2D eigenvalue weighted by molar-refractivity contribution is -0.384. The van der Waals surface area contributed by atoms with Gasteiger partial charge in [0, 0.05) is 24.5 Å². The molecule has 2 unspecified atom stereocenters. The standard InChI is InChI=1S/C22H22N6O3/c1-13-8-9-18-17(10-13)21-25-24-20(16-6-4-5-7-19(16)28(29)30)27(21)22(23-18)26-11-14(2)31-15(3)12-26/h4-10,14-15H,11-12H2,1-3H3. The van der Waals surface area contributed by atoms with Crippen LogP contribution in [-0.4, -0.2) is 49.8 Å². The van der Waals surface area contributed by atoms with Crippen LogP contribution in [0, 0.1) is 17.0 Å². The molecular weight excluding hydrogens is 396 g/mol. The predicted molar refractivity (Wildman–Crippen MR) is 117 cm³/mol. The second-order valence-corrected chi connectivity index (χ2v) is 8.05. The molecule has 1 fully saturated rings. The third-order valence-electron chi connectivity index (χ3n) is 5.52. The first-order valence-electron chi connectivity index (χ1n) is 10.2. The van der Waals surface area contributed by atoms with E-state index in [0.717, 1.165) is 16.5 Å². The average molecular weight is 418 g/mol. The van der Waals surface area contributed by atoms with Gasteiger partial charge in [0.25, 0.3) is 5.69 Å². The largest absolute Gasteiger partial charge is 0.372 e. The fraction of sp³-hybridized carbons (Fsp3) is 0.318. The van der Waals surface area contributed by atoms with Gasteiger partial charge in [-0.1, -0.05) is 23.8 Å². The zero-order valence-electron chi connectivity index (χ0n) is 17.5. The van der Waals surface area contributed by atoms with Gasteiger partial charge in [0.15, 0.2) is 11.5 Å². The van der Waals surface area contributed by atoms with Crippen LogP contribution >= 0.6 is 0 Å². The quantitative estimate of drug-likeness (QED) is 0.369. The van der Waals surface area contributed by atoms with Gasteiger partial charge >= 0.3 is 0 Å². The monoisotopic (exact) mass is 418 g/mol. The molecule has 5 rings (SSSR count). The SMILES string of the molecule is Cc1ccc2nc(N3CC(C)OC(C)C3)n3c(-c4ccccc4[N+](=O)[O-])nnc3c2c1. The number of nitrogens with zero attached hydrogens (tertiary/aromatic N) is 6. The summed E-state index contributed by atoms with van der Waals surface area (Å²) in [5.41, 5.74) is 2.90. The first-order valence-corrected chi connectivity index (χ1v) is 10.2. The Morgan fingerprint density at radius 1 is 1.10 bits per heavy atom. The van der Waals surface area contributed by atoms with Crippen molar-refractivity contribution in [3.05, 3.63) is 58.1 Å². The number of hydrogen-bond acceptors (Lipinski definition) is 7. The lowest BCUT2D eigenvalue weighted by Crippen LogP contribution is -2.46. The number of para-hydroxylation sites is 1. The number of benzene rings is 2. The molecule has 0 N–H and O–H groups in total. The smallest absolute Gasteiger partial charge is 0.280 e. The van der Waals surface area contributed by atoms with Gasteiger partial charge in [-0.3, -0.25) is 10.1 Å². The van der Waals surface area contributed by atoms with Crippen molar-refractivity contribution in [1.29, 1.82) is 0 Å². The molecule has 1 aliphatic rings. The Bertz CT molecular complexity index is 1310. The Hall–Kier alpha value is -3.59. The number of rotatable bonds is 3. The van der Waals surface area contributed by atoms with Crippen LogP contribution in [0.5, 0.6) is 0 Å². The summed E-state index contributed by atoms with van der Waals surface area (Å²) >= 11 is 0. The van der Waals surface area contributed by atoms with E-state index in [2.05, 4.69) is 15.1 Å². The number of fused-ring (bicyclic) bond motifs is 3. The second-order valence-electron chi connectivity index (χ2n) is 8.05. The lowest BCUT2D eigenvalue weighted by atomic mass is 10.1. The summed E-state index contributed by atoms with van der Waals surface area (Å²) in [6.45, 7) is 7.36. The number of hydrogen-bond donors (Lipinski definition) is 0. The molecule has 0 saturated carbocycles. The molecule has 0 amide bonds. The van der Waals surface area contributed by atoms with Crippen LogP contribution in [0.2, 0.25) is 0 Å². The van der Waals surface area contributed by atoms with E-state index >= 15 is 0 Å². The first-order chi connectivity index (χ1) is 14.9. The fourth-order valence-electron chi connectivity index (χ4n) is 4.28. The molecule has 1 saturated heterocycles. The van der Waals surface area contributed by atoms with Crippen LogP contribution in [0.25, 0.3) is 27.9 Å². The van der Waals surface area contributed by atoms with E-state index in [1.54, 1.807) is 18.2 Å². The molecule has 2 atom stereocenters. The highest BCUT2D eigenvalue weighted by molar-refractivity contribution is 5.94. The molecule has 4 aromatic rings. The van der Waals surface area contributed by atoms with Gasteiger partial charge in [-0.15, -0.1) is 10.2 Å². The summed E-state index contributed by atoms with van der Waals surface area (Å²) in [5.74, 6) is 1.06. The van der Waals surface area contributed by atoms with Gasteiger partial charge in [0.2, 0.25) is 5.95 Å². The Morgan fingerprint density at radius 3 is 2.58 bits per heavy atom. The zero-order valence-corrected chi connectivity index (χ0v) is 17.5. The van der Waals surface area contributed by atoms with E-state index in [1.165, 1.54) is 6.07 Å². The third kappa shape index (κ3) is 3.27. The van der Waals surface area contributed by atoms with Gasteiger partial charge in [0.05, 0.1) is 28.2 Å². The summed E-state index contributed by atoms with van der Waals surface area (Å²) in [6, 6.07) is 12.6. The number of nitro groups is 1. The topological polar surface area (TPSA) is 98.7 Å². The molecule has 9 heteroatoms. The van der Waals surface area contributed by atoms with E-state index < -0.39 is 4.92 Å². The Balaban J connectivity index is 1.84. The maximum atomic E-state index is 11.7. The number of nitro benzene ring substituents is 1. The molecule has 1 aliphatic heterocycles. The summed E-state index contributed by atoms with van der Waals surface area (Å²) in [4.78, 5) is 18.4. The molecule has 2 aromatic carbocycles. The molecule has 0 aliphatic carbocycles. The minimum atomic E-state index is -0.395. The van der Waals surface area contributed by atoms with E-state index in [4.69, 9.17) is 9.72 Å². The van der Waals surface area contributed by atoms with Gasteiger partial charge < -0.3 is 9.64 Å². The van der Waals surface area contributed by atoms with Crippen molar-refractivity contribution in [3.63, 3.8) is 0 Å². The van der Waals surface area contributed by atoms with Gasteiger partial charge in [-0.2, -0.15) is 0 Å². The number of aryl methyl sites for hydroxylation is 1. The van der Waals surface area contributed by atoms with Crippen molar-refractivity contribution >= 4 is 28.2 Å². The minimum Gasteiger partial charge on any atom is -0.372 e. The van der Waals surface area contributed by atoms with E-state index in [-0.39, 0.29) is 17.9 Å². The summed E-state index contributed by atoms with van der Waals surface area (Å²) in [6.07, 6.45) is 0.0561. The zero-order chi connectivity index (χ0) is 21.7. The summed E-state index contributed by atoms with van der Waals surface area (Å²) in [7, 11) is 0. The Labute approximate surface area is 178 Å². The third-order valence-corrected chi connectivity index (χ3v) is 5.52. The molecule has 3 heterocycles. The highest BCUT2D eigenvalue weighted by Gasteiger charge is 2.29. The Kier molecular flexibility index (Phi) is 4.55. The highest BCUT2D eigenvalue weighted by atomic mass is 16.6. The first kappa shape index (κ1) is 19.4. The van der Waals surface area contributed by atoms with Crippen LogP contribution in [0.4, 0.5) is 11.6 Å². The fourth-order valence-corrected chi connectivity index (χ4v) is 4.28. The molecule has 0 spiro atoms. The van der Waals surface area contributed by atoms with E-state index in [1.807, 2.05) is 43.4 Å².